The molecule has 1 atom stereocenters. The number of nitrogens with zero attached hydrogens (tertiary/aromatic N) is 3. The van der Waals surface area contributed by atoms with Crippen LogP contribution in [-0.2, 0) is 22.4 Å². The van der Waals surface area contributed by atoms with Crippen LogP contribution in [0.1, 0.15) is 81.2 Å². The molecule has 0 bridgehead atoms. The molecule has 2 fully saturated rings. The fourth-order valence-corrected chi connectivity index (χ4v) is 8.45. The lowest BCUT2D eigenvalue weighted by atomic mass is 9.76. The number of carbonyl (C=O) groups excluding carboxylic acids is 2. The van der Waals surface area contributed by atoms with Gasteiger partial charge in [0.2, 0.25) is 5.91 Å². The normalized spacial score (nSPS) is 20.2. The summed E-state index contributed by atoms with van der Waals surface area (Å²) in [7, 11) is 0. The van der Waals surface area contributed by atoms with Crippen molar-refractivity contribution in [2.45, 2.75) is 77.2 Å². The van der Waals surface area contributed by atoms with Gasteiger partial charge in [0.1, 0.15) is 12.1 Å². The molecule has 1 N–H and O–H groups in total. The van der Waals surface area contributed by atoms with E-state index in [-0.39, 0.29) is 18.4 Å². The maximum atomic E-state index is 12.6. The first kappa shape index (κ1) is 32.7. The number of hydrogen-bond acceptors (Lipinski definition) is 5. The number of pyridine rings is 1. The van der Waals surface area contributed by atoms with Gasteiger partial charge in [-0.1, -0.05) is 27.5 Å². The van der Waals surface area contributed by atoms with E-state index in [4.69, 9.17) is 21.3 Å². The summed E-state index contributed by atoms with van der Waals surface area (Å²) in [5.74, 6) is 1.39. The molecule has 7 nitrogen and oxygen atoms in total. The van der Waals surface area contributed by atoms with Crippen LogP contribution in [0.5, 0.6) is 0 Å². The summed E-state index contributed by atoms with van der Waals surface area (Å²) in [5, 5.41) is 3.38. The first-order chi connectivity index (χ1) is 20.5. The summed E-state index contributed by atoms with van der Waals surface area (Å²) in [6.07, 6.45) is 8.84. The third-order valence-corrected chi connectivity index (χ3v) is 10.4. The molecular weight excluding hydrogens is 696 g/mol. The number of hydrogen-bond donors (Lipinski definition) is 1. The first-order valence-electron chi connectivity index (χ1n) is 15.6. The predicted molar refractivity (Wildman–Crippen MR) is 178 cm³/mol. The van der Waals surface area contributed by atoms with Crippen molar-refractivity contribution < 1.29 is 14.3 Å². The van der Waals surface area contributed by atoms with E-state index in [1.807, 2.05) is 37.9 Å². The standard InChI is InChI=1S/C33H43Br2ClN4O3/c1-33(2,3)43-32(42)38-20-28(41)40-14-7-21(8-15-40)6-11-39-12-9-22(10-13-39)30-29-23(17-26(36)18-27(29)35)4-5-24-16-25(34)19-37-31(24)30/h16-19,21-22,30H,4-15,20H2,1-3H3,(H,38,42)/t30-/m1/s1. The van der Waals surface area contributed by atoms with Gasteiger partial charge < -0.3 is 19.9 Å². The van der Waals surface area contributed by atoms with Crippen LogP contribution in [0.15, 0.2) is 33.3 Å². The zero-order valence-corrected chi connectivity index (χ0v) is 29.4. The van der Waals surface area contributed by atoms with E-state index in [0.717, 1.165) is 91.6 Å². The summed E-state index contributed by atoms with van der Waals surface area (Å²) in [4.78, 5) is 34.0. The van der Waals surface area contributed by atoms with Gasteiger partial charge in [0, 0.05) is 39.2 Å². The summed E-state index contributed by atoms with van der Waals surface area (Å²) in [6, 6.07) is 6.45. The molecule has 0 unspecified atom stereocenters. The Morgan fingerprint density at radius 1 is 1.02 bits per heavy atom. The van der Waals surface area contributed by atoms with Crippen molar-refractivity contribution in [3.05, 3.63) is 60.7 Å². The SMILES string of the molecule is CC(C)(C)OC(=O)NCC(=O)N1CCC(CCN2CCC([C@H]3c4ncc(Br)cc4CCc4cc(Cl)cc(Br)c43)CC2)CC1. The van der Waals surface area contributed by atoms with Crippen molar-refractivity contribution in [2.24, 2.45) is 11.8 Å². The van der Waals surface area contributed by atoms with Gasteiger partial charge in [-0.3, -0.25) is 9.78 Å². The van der Waals surface area contributed by atoms with Crippen LogP contribution < -0.4 is 5.32 Å². The molecule has 0 saturated carbocycles. The Kier molecular flexibility index (Phi) is 10.8. The molecule has 3 heterocycles. The van der Waals surface area contributed by atoms with E-state index in [1.54, 1.807) is 0 Å². The Hall–Kier alpha value is -1.68. The maximum Gasteiger partial charge on any atom is 0.408 e. The highest BCUT2D eigenvalue weighted by molar-refractivity contribution is 9.10. The third-order valence-electron chi connectivity index (χ3n) is 9.12. The van der Waals surface area contributed by atoms with Crippen LogP contribution in [0.25, 0.3) is 0 Å². The van der Waals surface area contributed by atoms with Gasteiger partial charge in [-0.15, -0.1) is 0 Å². The number of aryl methyl sites for hydroxylation is 2. The molecule has 1 aromatic heterocycles. The minimum absolute atomic E-state index is 0.0130. The number of alkyl carbamates (subject to hydrolysis) is 1. The number of likely N-dealkylation sites (tertiary alicyclic amines) is 2. The lowest BCUT2D eigenvalue weighted by Gasteiger charge is -2.38. The van der Waals surface area contributed by atoms with Crippen LogP contribution in [-0.4, -0.2) is 71.7 Å². The highest BCUT2D eigenvalue weighted by atomic mass is 79.9. The minimum Gasteiger partial charge on any atom is -0.444 e. The average Bonchev–Trinajstić information content (AvgIpc) is 3.11. The van der Waals surface area contributed by atoms with Gasteiger partial charge in [0.15, 0.2) is 0 Å². The Morgan fingerprint density at radius 3 is 2.42 bits per heavy atom. The molecule has 2 amide bonds. The molecule has 234 valence electrons. The number of halogens is 3. The zero-order chi connectivity index (χ0) is 30.7. The van der Waals surface area contributed by atoms with Crippen LogP contribution >= 0.6 is 43.5 Å². The molecule has 2 saturated heterocycles. The summed E-state index contributed by atoms with van der Waals surface area (Å²) < 4.78 is 7.38. The monoisotopic (exact) mass is 736 g/mol. The fraction of sp³-hybridized carbons (Fsp3) is 0.606. The highest BCUT2D eigenvalue weighted by Crippen LogP contribution is 2.46. The third kappa shape index (κ3) is 8.53. The maximum absolute atomic E-state index is 12.6. The molecule has 0 radical (unpaired) electrons. The molecule has 2 aromatic rings. The number of piperidine rings is 2. The van der Waals surface area contributed by atoms with E-state index in [1.165, 1.54) is 22.4 Å². The average molecular weight is 739 g/mol. The summed E-state index contributed by atoms with van der Waals surface area (Å²) in [6.45, 7) is 10.2. The van der Waals surface area contributed by atoms with Gasteiger partial charge in [0.25, 0.3) is 0 Å². The molecule has 5 rings (SSSR count). The first-order valence-corrected chi connectivity index (χ1v) is 17.5. The summed E-state index contributed by atoms with van der Waals surface area (Å²) in [5.41, 5.74) is 4.70. The van der Waals surface area contributed by atoms with E-state index in [2.05, 4.69) is 54.2 Å². The highest BCUT2D eigenvalue weighted by Gasteiger charge is 2.36. The van der Waals surface area contributed by atoms with Crippen LogP contribution in [0.3, 0.4) is 0 Å². The molecule has 10 heteroatoms. The summed E-state index contributed by atoms with van der Waals surface area (Å²) >= 11 is 14.0. The molecule has 2 aliphatic heterocycles. The zero-order valence-electron chi connectivity index (χ0n) is 25.4. The number of aromatic nitrogens is 1. The van der Waals surface area contributed by atoms with Crippen LogP contribution in [0.4, 0.5) is 4.79 Å². The van der Waals surface area contributed by atoms with Crippen molar-refractivity contribution in [3.63, 3.8) is 0 Å². The molecule has 1 aliphatic carbocycles. The molecule has 3 aliphatic rings. The van der Waals surface area contributed by atoms with Gasteiger partial charge in [-0.2, -0.15) is 0 Å². The van der Waals surface area contributed by atoms with E-state index in [0.29, 0.717) is 11.8 Å². The predicted octanol–water partition coefficient (Wildman–Crippen LogP) is 7.36. The van der Waals surface area contributed by atoms with Crippen molar-refractivity contribution in [1.29, 1.82) is 0 Å². The van der Waals surface area contributed by atoms with Crippen LogP contribution in [0.2, 0.25) is 5.02 Å². The number of ether oxygens (including phenoxy) is 1. The quantitative estimate of drug-likeness (QED) is 0.336. The van der Waals surface area contributed by atoms with Crippen molar-refractivity contribution in [3.8, 4) is 0 Å². The van der Waals surface area contributed by atoms with E-state index in [9.17, 15) is 9.59 Å². The van der Waals surface area contributed by atoms with Gasteiger partial charge >= 0.3 is 6.09 Å². The van der Waals surface area contributed by atoms with E-state index < -0.39 is 11.7 Å². The van der Waals surface area contributed by atoms with Gasteiger partial charge in [0.05, 0.1) is 5.69 Å². The smallest absolute Gasteiger partial charge is 0.408 e. The number of fused-ring (bicyclic) bond motifs is 2. The van der Waals surface area contributed by atoms with Gasteiger partial charge in [-0.05, 0) is 148 Å². The number of rotatable bonds is 6. The van der Waals surface area contributed by atoms with Crippen molar-refractivity contribution >= 4 is 55.5 Å². The molecule has 1 aromatic carbocycles. The number of carbonyl (C=O) groups is 2. The lowest BCUT2D eigenvalue weighted by molar-refractivity contribution is -0.131. The molecule has 43 heavy (non-hydrogen) atoms. The minimum atomic E-state index is -0.576. The second-order valence-corrected chi connectivity index (χ2v) is 15.5. The van der Waals surface area contributed by atoms with E-state index >= 15 is 0 Å². The van der Waals surface area contributed by atoms with Crippen molar-refractivity contribution in [1.82, 2.24) is 20.1 Å². The molecular formula is C33H43Br2ClN4O3. The lowest BCUT2D eigenvalue weighted by Crippen LogP contribution is -2.45. The Labute approximate surface area is 277 Å². The van der Waals surface area contributed by atoms with Gasteiger partial charge in [-0.25, -0.2) is 4.79 Å². The molecule has 0 spiro atoms. The number of amides is 2. The van der Waals surface area contributed by atoms with Crippen LogP contribution in [0, 0.1) is 11.8 Å². The second kappa shape index (κ2) is 14.2. The Morgan fingerprint density at radius 2 is 1.72 bits per heavy atom. The van der Waals surface area contributed by atoms with Crippen molar-refractivity contribution in [2.75, 3.05) is 39.3 Å². The Bertz CT molecular complexity index is 1320. The second-order valence-electron chi connectivity index (χ2n) is 13.3. The fourth-order valence-electron chi connectivity index (χ4n) is 6.95. The Balaban J connectivity index is 1.12. The number of benzene rings is 1. The largest absolute Gasteiger partial charge is 0.444 e. The number of nitrogens with one attached hydrogen (secondary N) is 1. The topological polar surface area (TPSA) is 74.8 Å².